The molecule has 0 fully saturated rings. The smallest absolute Gasteiger partial charge is 0.146 e. The molecule has 56 valence electrons. The lowest BCUT2D eigenvalue weighted by Gasteiger charge is -2.01. The minimum absolute atomic E-state index is 0.275. The highest BCUT2D eigenvalue weighted by Crippen LogP contribution is 2.10. The third kappa shape index (κ3) is 1.98. The Labute approximate surface area is 65.2 Å². The summed E-state index contributed by atoms with van der Waals surface area (Å²) in [6, 6.07) is 6.42. The summed E-state index contributed by atoms with van der Waals surface area (Å²) in [5.74, 6) is 2.09. The molecular formula is C9H8FN. The SMILES string of the molecule is C#CCNc1ccccc1F. The summed E-state index contributed by atoms with van der Waals surface area (Å²) in [6.07, 6.45) is 4.99. The number of anilines is 1. The predicted octanol–water partition coefficient (Wildman–Crippen LogP) is 1.87. The summed E-state index contributed by atoms with van der Waals surface area (Å²) < 4.78 is 12.8. The number of halogens is 1. The van der Waals surface area contributed by atoms with Crippen LogP contribution in [0.15, 0.2) is 24.3 Å². The van der Waals surface area contributed by atoms with Gasteiger partial charge in [-0.25, -0.2) is 4.39 Å². The van der Waals surface area contributed by atoms with Crippen LogP contribution < -0.4 is 5.32 Å². The normalized spacial score (nSPS) is 8.73. The zero-order chi connectivity index (χ0) is 8.10. The van der Waals surface area contributed by atoms with Gasteiger partial charge in [-0.3, -0.25) is 0 Å². The van der Waals surface area contributed by atoms with E-state index in [1.807, 2.05) is 0 Å². The highest BCUT2D eigenvalue weighted by atomic mass is 19.1. The average molecular weight is 149 g/mol. The second kappa shape index (κ2) is 3.62. The van der Waals surface area contributed by atoms with Crippen molar-refractivity contribution < 1.29 is 4.39 Å². The summed E-state index contributed by atoms with van der Waals surface area (Å²) in [7, 11) is 0. The molecule has 0 aliphatic carbocycles. The van der Waals surface area contributed by atoms with Gasteiger partial charge >= 0.3 is 0 Å². The van der Waals surface area contributed by atoms with Gasteiger partial charge in [0, 0.05) is 0 Å². The molecule has 0 aromatic heterocycles. The molecule has 0 aliphatic rings. The van der Waals surface area contributed by atoms with Gasteiger partial charge in [0.2, 0.25) is 0 Å². The maximum absolute atomic E-state index is 12.8. The molecule has 1 rings (SSSR count). The van der Waals surface area contributed by atoms with E-state index in [-0.39, 0.29) is 5.82 Å². The van der Waals surface area contributed by atoms with Crippen LogP contribution in [-0.2, 0) is 0 Å². The summed E-state index contributed by atoms with van der Waals surface area (Å²) in [4.78, 5) is 0. The first-order valence-corrected chi connectivity index (χ1v) is 3.26. The van der Waals surface area contributed by atoms with Crippen LogP contribution in [-0.4, -0.2) is 6.54 Å². The molecule has 1 aromatic rings. The van der Waals surface area contributed by atoms with Gasteiger partial charge in [0.25, 0.3) is 0 Å². The van der Waals surface area contributed by atoms with E-state index < -0.39 is 0 Å². The van der Waals surface area contributed by atoms with Gasteiger partial charge < -0.3 is 5.32 Å². The van der Waals surface area contributed by atoms with E-state index in [0.717, 1.165) is 0 Å². The van der Waals surface area contributed by atoms with Gasteiger partial charge in [0.05, 0.1) is 12.2 Å². The first-order chi connectivity index (χ1) is 5.34. The minimum atomic E-state index is -0.275. The monoisotopic (exact) mass is 149 g/mol. The molecule has 1 N–H and O–H groups in total. The third-order valence-electron chi connectivity index (χ3n) is 1.25. The molecule has 0 heterocycles. The van der Waals surface area contributed by atoms with E-state index in [1.54, 1.807) is 18.2 Å². The highest BCUT2D eigenvalue weighted by molar-refractivity contribution is 5.45. The number of para-hydroxylation sites is 1. The lowest BCUT2D eigenvalue weighted by molar-refractivity contribution is 0.631. The molecule has 0 bridgehead atoms. The lowest BCUT2D eigenvalue weighted by atomic mass is 10.3. The third-order valence-corrected chi connectivity index (χ3v) is 1.25. The second-order valence-corrected chi connectivity index (χ2v) is 2.04. The van der Waals surface area contributed by atoms with Gasteiger partial charge in [-0.15, -0.1) is 6.42 Å². The van der Waals surface area contributed by atoms with Crippen LogP contribution in [0.2, 0.25) is 0 Å². The molecule has 1 nitrogen and oxygen atoms in total. The maximum atomic E-state index is 12.8. The standard InChI is InChI=1S/C9H8FN/c1-2-7-11-9-6-4-3-5-8(9)10/h1,3-6,11H,7H2. The van der Waals surface area contributed by atoms with Crippen LogP contribution in [0.4, 0.5) is 10.1 Å². The van der Waals surface area contributed by atoms with E-state index in [9.17, 15) is 4.39 Å². The van der Waals surface area contributed by atoms with Crippen LogP contribution in [0.25, 0.3) is 0 Å². The van der Waals surface area contributed by atoms with E-state index in [4.69, 9.17) is 6.42 Å². The van der Waals surface area contributed by atoms with Crippen molar-refractivity contribution >= 4 is 5.69 Å². The molecule has 0 spiro atoms. The number of rotatable bonds is 2. The maximum Gasteiger partial charge on any atom is 0.146 e. The number of hydrogen-bond donors (Lipinski definition) is 1. The molecule has 0 saturated carbocycles. The van der Waals surface area contributed by atoms with Gasteiger partial charge in [0.15, 0.2) is 0 Å². The van der Waals surface area contributed by atoms with E-state index >= 15 is 0 Å². The van der Waals surface area contributed by atoms with Gasteiger partial charge in [-0.2, -0.15) is 0 Å². The van der Waals surface area contributed by atoms with E-state index in [0.29, 0.717) is 12.2 Å². The first-order valence-electron chi connectivity index (χ1n) is 3.26. The summed E-state index contributed by atoms with van der Waals surface area (Å²) >= 11 is 0. The van der Waals surface area contributed by atoms with Crippen molar-refractivity contribution in [3.63, 3.8) is 0 Å². The van der Waals surface area contributed by atoms with Crippen molar-refractivity contribution in [3.8, 4) is 12.3 Å². The first kappa shape index (κ1) is 7.62. The van der Waals surface area contributed by atoms with Gasteiger partial charge in [-0.1, -0.05) is 18.1 Å². The fourth-order valence-electron chi connectivity index (χ4n) is 0.751. The van der Waals surface area contributed by atoms with Crippen molar-refractivity contribution in [3.05, 3.63) is 30.1 Å². The largest absolute Gasteiger partial charge is 0.372 e. The van der Waals surface area contributed by atoms with Crippen LogP contribution in [0, 0.1) is 18.2 Å². The Morgan fingerprint density at radius 3 is 2.82 bits per heavy atom. The fraction of sp³-hybridized carbons (Fsp3) is 0.111. The summed E-state index contributed by atoms with van der Waals surface area (Å²) in [5.41, 5.74) is 0.449. The van der Waals surface area contributed by atoms with Crippen LogP contribution in [0.3, 0.4) is 0 Å². The lowest BCUT2D eigenvalue weighted by Crippen LogP contribution is -1.99. The molecule has 0 radical (unpaired) electrons. The van der Waals surface area contributed by atoms with Crippen molar-refractivity contribution in [2.24, 2.45) is 0 Å². The fourth-order valence-corrected chi connectivity index (χ4v) is 0.751. The molecule has 2 heteroatoms. The number of benzene rings is 1. The zero-order valence-corrected chi connectivity index (χ0v) is 5.97. The van der Waals surface area contributed by atoms with Gasteiger partial charge in [-0.05, 0) is 12.1 Å². The molecule has 0 aliphatic heterocycles. The number of hydrogen-bond acceptors (Lipinski definition) is 1. The molecule has 11 heavy (non-hydrogen) atoms. The molecular weight excluding hydrogens is 141 g/mol. The Balaban J connectivity index is 2.71. The molecule has 1 aromatic carbocycles. The topological polar surface area (TPSA) is 12.0 Å². The van der Waals surface area contributed by atoms with Crippen molar-refractivity contribution in [2.45, 2.75) is 0 Å². The highest BCUT2D eigenvalue weighted by Gasteiger charge is 1.95. The number of terminal acetylenes is 1. The molecule has 0 amide bonds. The number of nitrogens with one attached hydrogen (secondary N) is 1. The average Bonchev–Trinajstić information content (AvgIpc) is 2.03. The van der Waals surface area contributed by atoms with Crippen LogP contribution >= 0.6 is 0 Å². The summed E-state index contributed by atoms with van der Waals surface area (Å²) in [6.45, 7) is 0.348. The van der Waals surface area contributed by atoms with Crippen molar-refractivity contribution in [1.82, 2.24) is 0 Å². The van der Waals surface area contributed by atoms with Crippen molar-refractivity contribution in [2.75, 3.05) is 11.9 Å². The zero-order valence-electron chi connectivity index (χ0n) is 5.97. The molecule has 0 saturated heterocycles. The van der Waals surface area contributed by atoms with Crippen molar-refractivity contribution in [1.29, 1.82) is 0 Å². The van der Waals surface area contributed by atoms with Gasteiger partial charge in [0.1, 0.15) is 5.82 Å². The Morgan fingerprint density at radius 2 is 2.18 bits per heavy atom. The quantitative estimate of drug-likeness (QED) is 0.633. The second-order valence-electron chi connectivity index (χ2n) is 2.04. The van der Waals surface area contributed by atoms with E-state index in [1.165, 1.54) is 6.07 Å². The van der Waals surface area contributed by atoms with Crippen LogP contribution in [0.1, 0.15) is 0 Å². The molecule has 0 unspecified atom stereocenters. The Morgan fingerprint density at radius 1 is 1.45 bits per heavy atom. The van der Waals surface area contributed by atoms with Crippen LogP contribution in [0.5, 0.6) is 0 Å². The minimum Gasteiger partial charge on any atom is -0.372 e. The Kier molecular flexibility index (Phi) is 2.51. The summed E-state index contributed by atoms with van der Waals surface area (Å²) in [5, 5.41) is 2.75. The Bertz CT molecular complexity index is 275. The molecule has 0 atom stereocenters. The predicted molar refractivity (Wildman–Crippen MR) is 43.7 cm³/mol. The van der Waals surface area contributed by atoms with E-state index in [2.05, 4.69) is 11.2 Å². The Hall–Kier alpha value is -1.49.